The minimum atomic E-state index is -1.20. The predicted octanol–water partition coefficient (Wildman–Crippen LogP) is 0.772. The predicted molar refractivity (Wildman–Crippen MR) is 94.3 cm³/mol. The van der Waals surface area contributed by atoms with E-state index in [-0.39, 0.29) is 24.0 Å². The Morgan fingerprint density at radius 3 is 2.42 bits per heavy atom. The Balaban J connectivity index is 2.33. The summed E-state index contributed by atoms with van der Waals surface area (Å²) in [5.41, 5.74) is -1.71. The first-order valence-electron chi connectivity index (χ1n) is 8.01. The molecule has 0 atom stereocenters. The van der Waals surface area contributed by atoms with E-state index in [4.69, 9.17) is 9.84 Å². The van der Waals surface area contributed by atoms with Crippen LogP contribution in [0.15, 0.2) is 33.9 Å². The van der Waals surface area contributed by atoms with Gasteiger partial charge >= 0.3 is 17.8 Å². The van der Waals surface area contributed by atoms with Crippen LogP contribution in [0.25, 0.3) is 10.9 Å². The number of hydrogen-bond donors (Lipinski definition) is 2. The van der Waals surface area contributed by atoms with Gasteiger partial charge in [0.15, 0.2) is 0 Å². The number of para-hydroxylation sites is 1. The van der Waals surface area contributed by atoms with Gasteiger partial charge in [0.2, 0.25) is 0 Å². The molecular weight excluding hydrogens is 342 g/mol. The number of hydrogen-bond acceptors (Lipinski definition) is 5. The number of nitrogens with zero attached hydrogens (tertiary/aromatic N) is 2. The second-order valence-electron chi connectivity index (χ2n) is 6.67. The van der Waals surface area contributed by atoms with Gasteiger partial charge < -0.3 is 15.2 Å². The number of carbonyl (C=O) groups is 2. The molecule has 1 heterocycles. The molecule has 9 nitrogen and oxygen atoms in total. The van der Waals surface area contributed by atoms with Crippen molar-refractivity contribution in [3.05, 3.63) is 45.1 Å². The summed E-state index contributed by atoms with van der Waals surface area (Å²) in [5.74, 6) is -1.20. The highest BCUT2D eigenvalue weighted by Crippen LogP contribution is 2.08. The summed E-state index contributed by atoms with van der Waals surface area (Å²) >= 11 is 0. The molecule has 1 aromatic heterocycles. The lowest BCUT2D eigenvalue weighted by Gasteiger charge is -2.19. The number of carboxylic acids is 1. The summed E-state index contributed by atoms with van der Waals surface area (Å²) in [6, 6.07) is 6.29. The van der Waals surface area contributed by atoms with Crippen molar-refractivity contribution in [2.24, 2.45) is 0 Å². The number of carbonyl (C=O) groups excluding carboxylic acids is 1. The van der Waals surface area contributed by atoms with Crippen LogP contribution in [0, 0.1) is 0 Å². The standard InChI is InChI=1S/C17H21N3O6/c1-17(2,3)26-15(24)18-8-9-19-14(23)11-6-4-5-7-12(11)20(16(19)25)10-13(21)22/h4-7H,8-10H2,1-3H3,(H,18,24)(H,21,22). The first-order valence-corrected chi connectivity index (χ1v) is 8.01. The molecule has 2 aromatic rings. The maximum absolute atomic E-state index is 12.6. The number of amides is 1. The fourth-order valence-electron chi connectivity index (χ4n) is 2.44. The molecule has 0 radical (unpaired) electrons. The van der Waals surface area contributed by atoms with E-state index in [0.29, 0.717) is 0 Å². The molecule has 2 N–H and O–H groups in total. The molecule has 0 saturated carbocycles. The van der Waals surface area contributed by atoms with E-state index in [2.05, 4.69) is 5.32 Å². The highest BCUT2D eigenvalue weighted by Gasteiger charge is 2.17. The fourth-order valence-corrected chi connectivity index (χ4v) is 2.44. The first-order chi connectivity index (χ1) is 12.1. The van der Waals surface area contributed by atoms with Crippen molar-refractivity contribution >= 4 is 23.0 Å². The number of fused-ring (bicyclic) bond motifs is 1. The first kappa shape index (κ1) is 19.2. The summed E-state index contributed by atoms with van der Waals surface area (Å²) < 4.78 is 7.01. The fraction of sp³-hybridized carbons (Fsp3) is 0.412. The lowest BCUT2D eigenvalue weighted by molar-refractivity contribution is -0.137. The van der Waals surface area contributed by atoms with Gasteiger partial charge in [-0.3, -0.25) is 18.7 Å². The molecule has 2 rings (SSSR count). The normalized spacial score (nSPS) is 11.3. The second kappa shape index (κ2) is 7.42. The number of aromatic nitrogens is 2. The van der Waals surface area contributed by atoms with Crippen molar-refractivity contribution in [1.29, 1.82) is 0 Å². The van der Waals surface area contributed by atoms with E-state index in [1.165, 1.54) is 12.1 Å². The van der Waals surface area contributed by atoms with Gasteiger partial charge in [-0.25, -0.2) is 9.59 Å². The third-order valence-electron chi connectivity index (χ3n) is 3.43. The average Bonchev–Trinajstić information content (AvgIpc) is 2.53. The Labute approximate surface area is 148 Å². The molecule has 0 fully saturated rings. The molecule has 1 amide bonds. The van der Waals surface area contributed by atoms with Gasteiger partial charge in [-0.05, 0) is 32.9 Å². The SMILES string of the molecule is CC(C)(C)OC(=O)NCCn1c(=O)c2ccccc2n(CC(=O)O)c1=O. The van der Waals surface area contributed by atoms with E-state index in [9.17, 15) is 19.2 Å². The topological polar surface area (TPSA) is 120 Å². The Morgan fingerprint density at radius 1 is 1.15 bits per heavy atom. The van der Waals surface area contributed by atoms with Crippen LogP contribution in [0.5, 0.6) is 0 Å². The molecule has 0 saturated heterocycles. The minimum absolute atomic E-state index is 0.0184. The third-order valence-corrected chi connectivity index (χ3v) is 3.43. The maximum atomic E-state index is 12.6. The van der Waals surface area contributed by atoms with Crippen LogP contribution in [0.3, 0.4) is 0 Å². The molecule has 0 bridgehead atoms. The number of ether oxygens (including phenoxy) is 1. The van der Waals surface area contributed by atoms with Gasteiger partial charge in [0.05, 0.1) is 10.9 Å². The molecule has 0 aliphatic carbocycles. The Kier molecular flexibility index (Phi) is 5.49. The van der Waals surface area contributed by atoms with E-state index < -0.39 is 35.5 Å². The van der Waals surface area contributed by atoms with Crippen molar-refractivity contribution in [3.63, 3.8) is 0 Å². The van der Waals surface area contributed by atoms with Crippen LogP contribution in [-0.4, -0.2) is 38.4 Å². The van der Waals surface area contributed by atoms with E-state index in [1.54, 1.807) is 32.9 Å². The van der Waals surface area contributed by atoms with Crippen LogP contribution < -0.4 is 16.6 Å². The zero-order valence-electron chi connectivity index (χ0n) is 14.8. The summed E-state index contributed by atoms with van der Waals surface area (Å²) in [7, 11) is 0. The average molecular weight is 363 g/mol. The maximum Gasteiger partial charge on any atom is 0.407 e. The van der Waals surface area contributed by atoms with Crippen molar-refractivity contribution in [2.75, 3.05) is 6.54 Å². The monoisotopic (exact) mass is 363 g/mol. The highest BCUT2D eigenvalue weighted by molar-refractivity contribution is 5.79. The third kappa shape index (κ3) is 4.50. The van der Waals surface area contributed by atoms with Crippen LogP contribution in [0.2, 0.25) is 0 Å². The Hall–Kier alpha value is -3.10. The molecule has 0 aliphatic rings. The van der Waals surface area contributed by atoms with E-state index in [1.807, 2.05) is 0 Å². The molecule has 0 spiro atoms. The second-order valence-corrected chi connectivity index (χ2v) is 6.67. The lowest BCUT2D eigenvalue weighted by Crippen LogP contribution is -2.43. The van der Waals surface area contributed by atoms with Gasteiger partial charge in [-0.2, -0.15) is 0 Å². The minimum Gasteiger partial charge on any atom is -0.480 e. The van der Waals surface area contributed by atoms with Crippen molar-refractivity contribution in [3.8, 4) is 0 Å². The van der Waals surface area contributed by atoms with E-state index >= 15 is 0 Å². The van der Waals surface area contributed by atoms with Gasteiger partial charge in [-0.1, -0.05) is 12.1 Å². The van der Waals surface area contributed by atoms with Crippen LogP contribution in [0.1, 0.15) is 20.8 Å². The molecular formula is C17H21N3O6. The van der Waals surface area contributed by atoms with Crippen LogP contribution in [-0.2, 0) is 22.6 Å². The number of rotatable bonds is 5. The zero-order chi connectivity index (χ0) is 19.5. The smallest absolute Gasteiger partial charge is 0.407 e. The highest BCUT2D eigenvalue weighted by atomic mass is 16.6. The molecule has 1 aromatic carbocycles. The number of benzene rings is 1. The van der Waals surface area contributed by atoms with Crippen molar-refractivity contribution in [2.45, 2.75) is 39.5 Å². The number of nitrogens with one attached hydrogen (secondary N) is 1. The molecule has 9 heteroatoms. The largest absolute Gasteiger partial charge is 0.480 e. The number of aliphatic carboxylic acids is 1. The summed E-state index contributed by atoms with van der Waals surface area (Å²) in [5, 5.41) is 11.7. The van der Waals surface area contributed by atoms with Gasteiger partial charge in [0.25, 0.3) is 5.56 Å². The van der Waals surface area contributed by atoms with Gasteiger partial charge in [0.1, 0.15) is 12.1 Å². The molecule has 26 heavy (non-hydrogen) atoms. The van der Waals surface area contributed by atoms with Crippen molar-refractivity contribution in [1.82, 2.24) is 14.5 Å². The quantitative estimate of drug-likeness (QED) is 0.810. The number of alkyl carbamates (subject to hydrolysis) is 1. The molecule has 0 aliphatic heterocycles. The Bertz CT molecular complexity index is 952. The van der Waals surface area contributed by atoms with Gasteiger partial charge in [-0.15, -0.1) is 0 Å². The summed E-state index contributed by atoms with van der Waals surface area (Å²) in [6.07, 6.45) is -0.669. The van der Waals surface area contributed by atoms with Crippen LogP contribution >= 0.6 is 0 Å². The number of carboxylic acid groups (broad SMARTS) is 1. The van der Waals surface area contributed by atoms with Crippen LogP contribution in [0.4, 0.5) is 4.79 Å². The summed E-state index contributed by atoms with van der Waals surface area (Å²) in [4.78, 5) is 47.9. The Morgan fingerprint density at radius 2 is 1.81 bits per heavy atom. The summed E-state index contributed by atoms with van der Waals surface area (Å²) in [6.45, 7) is 4.44. The van der Waals surface area contributed by atoms with Gasteiger partial charge in [0, 0.05) is 13.1 Å². The van der Waals surface area contributed by atoms with Crippen molar-refractivity contribution < 1.29 is 19.4 Å². The zero-order valence-corrected chi connectivity index (χ0v) is 14.8. The molecule has 0 unspecified atom stereocenters. The van der Waals surface area contributed by atoms with E-state index in [0.717, 1.165) is 9.13 Å². The lowest BCUT2D eigenvalue weighted by atomic mass is 10.2. The molecule has 140 valence electrons.